The Labute approximate surface area is 114 Å². The number of benzene rings is 2. The van der Waals surface area contributed by atoms with E-state index in [1.54, 1.807) is 0 Å². The van der Waals surface area contributed by atoms with Crippen LogP contribution in [0.25, 0.3) is 0 Å². The minimum absolute atomic E-state index is 0.348. The second kappa shape index (κ2) is 4.35. The summed E-state index contributed by atoms with van der Waals surface area (Å²) in [6, 6.07) is 14.8. The van der Waals surface area contributed by atoms with Gasteiger partial charge in [0, 0.05) is 15.2 Å². The second-order valence-electron chi connectivity index (χ2n) is 4.26. The van der Waals surface area contributed by atoms with E-state index in [1.807, 2.05) is 18.2 Å². The summed E-state index contributed by atoms with van der Waals surface area (Å²) in [6.45, 7) is 0. The molecule has 1 atom stereocenters. The zero-order valence-corrected chi connectivity index (χ0v) is 11.4. The Morgan fingerprint density at radius 2 is 2.06 bits per heavy atom. The molecule has 0 saturated heterocycles. The molecule has 0 aromatic heterocycles. The Balaban J connectivity index is 1.91. The molecular weight excluding hydrogens is 298 g/mol. The first kappa shape index (κ1) is 11.1. The van der Waals surface area contributed by atoms with Crippen LogP contribution >= 0.6 is 27.5 Å². The topological polar surface area (TPSA) is 12.0 Å². The molecule has 1 unspecified atom stereocenters. The summed E-state index contributed by atoms with van der Waals surface area (Å²) in [7, 11) is 0. The monoisotopic (exact) mass is 307 g/mol. The summed E-state index contributed by atoms with van der Waals surface area (Å²) in [5.41, 5.74) is 3.79. The predicted octanol–water partition coefficient (Wildman–Crippen LogP) is 4.81. The van der Waals surface area contributed by atoms with Crippen LogP contribution in [-0.4, -0.2) is 0 Å². The van der Waals surface area contributed by atoms with Gasteiger partial charge in [0.1, 0.15) is 0 Å². The molecular formula is C14H11BrClN. The second-order valence-corrected chi connectivity index (χ2v) is 5.61. The normalized spacial score (nSPS) is 17.6. The summed E-state index contributed by atoms with van der Waals surface area (Å²) >= 11 is 9.50. The van der Waals surface area contributed by atoms with Crippen molar-refractivity contribution >= 4 is 33.2 Å². The quantitative estimate of drug-likeness (QED) is 0.797. The lowest BCUT2D eigenvalue weighted by atomic mass is 10.0. The van der Waals surface area contributed by atoms with Crippen LogP contribution in [0.1, 0.15) is 17.2 Å². The first-order chi connectivity index (χ1) is 8.22. The largest absolute Gasteiger partial charge is 0.378 e. The fourth-order valence-electron chi connectivity index (χ4n) is 2.24. The number of nitrogens with one attached hydrogen (secondary N) is 1. The molecule has 2 aromatic rings. The number of hydrogen-bond donors (Lipinski definition) is 1. The van der Waals surface area contributed by atoms with Crippen LogP contribution in [0.3, 0.4) is 0 Å². The molecule has 0 bridgehead atoms. The number of rotatable bonds is 1. The van der Waals surface area contributed by atoms with E-state index in [9.17, 15) is 0 Å². The zero-order chi connectivity index (χ0) is 11.8. The third-order valence-electron chi connectivity index (χ3n) is 3.08. The third kappa shape index (κ3) is 2.20. The van der Waals surface area contributed by atoms with Crippen LogP contribution in [0.5, 0.6) is 0 Å². The van der Waals surface area contributed by atoms with Gasteiger partial charge in [0.15, 0.2) is 0 Å². The minimum Gasteiger partial charge on any atom is -0.378 e. The van der Waals surface area contributed by atoms with E-state index in [-0.39, 0.29) is 0 Å². The van der Waals surface area contributed by atoms with Gasteiger partial charge in [-0.2, -0.15) is 0 Å². The van der Waals surface area contributed by atoms with Crippen molar-refractivity contribution in [3.8, 4) is 0 Å². The first-order valence-corrected chi connectivity index (χ1v) is 6.70. The molecule has 86 valence electrons. The van der Waals surface area contributed by atoms with Crippen LogP contribution in [0.2, 0.25) is 5.02 Å². The van der Waals surface area contributed by atoms with Crippen LogP contribution in [0, 0.1) is 0 Å². The van der Waals surface area contributed by atoms with Gasteiger partial charge in [-0.15, -0.1) is 0 Å². The maximum absolute atomic E-state index is 5.99. The molecule has 0 saturated carbocycles. The maximum atomic E-state index is 5.99. The highest BCUT2D eigenvalue weighted by Gasteiger charge is 2.21. The van der Waals surface area contributed by atoms with Crippen molar-refractivity contribution in [1.29, 1.82) is 0 Å². The lowest BCUT2D eigenvalue weighted by Crippen LogP contribution is -2.05. The van der Waals surface area contributed by atoms with Crippen molar-refractivity contribution in [3.05, 3.63) is 63.1 Å². The van der Waals surface area contributed by atoms with Crippen molar-refractivity contribution < 1.29 is 0 Å². The van der Waals surface area contributed by atoms with Gasteiger partial charge in [-0.25, -0.2) is 0 Å². The molecule has 0 spiro atoms. The Bertz CT molecular complexity index is 568. The van der Waals surface area contributed by atoms with E-state index in [1.165, 1.54) is 11.1 Å². The van der Waals surface area contributed by atoms with Crippen molar-refractivity contribution in [2.45, 2.75) is 12.5 Å². The summed E-state index contributed by atoms with van der Waals surface area (Å²) in [6.07, 6.45) is 1.02. The van der Waals surface area contributed by atoms with Crippen LogP contribution in [0.4, 0.5) is 5.69 Å². The van der Waals surface area contributed by atoms with E-state index in [2.05, 4.69) is 45.5 Å². The smallest absolute Gasteiger partial charge is 0.0555 e. The summed E-state index contributed by atoms with van der Waals surface area (Å²) in [4.78, 5) is 0. The van der Waals surface area contributed by atoms with E-state index in [0.717, 1.165) is 21.6 Å². The van der Waals surface area contributed by atoms with Gasteiger partial charge in [0.25, 0.3) is 0 Å². The summed E-state index contributed by atoms with van der Waals surface area (Å²) in [5.74, 6) is 0. The Morgan fingerprint density at radius 3 is 2.88 bits per heavy atom. The highest BCUT2D eigenvalue weighted by atomic mass is 79.9. The standard InChI is InChI=1S/C14H11BrClN/c15-11-3-1-2-9(6-11)13-7-10-4-5-12(16)8-14(10)17-13/h1-6,8,13,17H,7H2. The molecule has 1 aliphatic rings. The Morgan fingerprint density at radius 1 is 1.18 bits per heavy atom. The van der Waals surface area contributed by atoms with Gasteiger partial charge in [0.05, 0.1) is 6.04 Å². The predicted molar refractivity (Wildman–Crippen MR) is 75.7 cm³/mol. The Hall–Kier alpha value is -0.990. The van der Waals surface area contributed by atoms with Gasteiger partial charge in [-0.1, -0.05) is 45.7 Å². The van der Waals surface area contributed by atoms with Crippen LogP contribution in [0.15, 0.2) is 46.9 Å². The SMILES string of the molecule is Clc1ccc2c(c1)NC(c1cccc(Br)c1)C2. The fourth-order valence-corrected chi connectivity index (χ4v) is 2.83. The molecule has 17 heavy (non-hydrogen) atoms. The molecule has 2 aromatic carbocycles. The molecule has 0 radical (unpaired) electrons. The molecule has 0 fully saturated rings. The van der Waals surface area contributed by atoms with E-state index >= 15 is 0 Å². The van der Waals surface area contributed by atoms with Gasteiger partial charge in [-0.05, 0) is 41.8 Å². The lowest BCUT2D eigenvalue weighted by molar-refractivity contribution is 0.823. The van der Waals surface area contributed by atoms with E-state index < -0.39 is 0 Å². The first-order valence-electron chi connectivity index (χ1n) is 5.53. The zero-order valence-electron chi connectivity index (χ0n) is 9.08. The van der Waals surface area contributed by atoms with Gasteiger partial charge in [-0.3, -0.25) is 0 Å². The number of halogens is 2. The van der Waals surface area contributed by atoms with Crippen molar-refractivity contribution in [2.75, 3.05) is 5.32 Å². The number of anilines is 1. The van der Waals surface area contributed by atoms with E-state index in [0.29, 0.717) is 6.04 Å². The highest BCUT2D eigenvalue weighted by molar-refractivity contribution is 9.10. The molecule has 0 aliphatic carbocycles. The minimum atomic E-state index is 0.348. The van der Waals surface area contributed by atoms with Crippen LogP contribution in [-0.2, 0) is 6.42 Å². The summed E-state index contributed by atoms with van der Waals surface area (Å²) < 4.78 is 1.12. The average molecular weight is 309 g/mol. The molecule has 1 N–H and O–H groups in total. The highest BCUT2D eigenvalue weighted by Crippen LogP contribution is 2.36. The third-order valence-corrected chi connectivity index (χ3v) is 3.81. The van der Waals surface area contributed by atoms with Crippen LogP contribution < -0.4 is 5.32 Å². The lowest BCUT2D eigenvalue weighted by Gasteiger charge is -2.11. The van der Waals surface area contributed by atoms with Gasteiger partial charge >= 0.3 is 0 Å². The maximum Gasteiger partial charge on any atom is 0.0555 e. The Kier molecular flexibility index (Phi) is 2.85. The summed E-state index contributed by atoms with van der Waals surface area (Å²) in [5, 5.41) is 4.30. The molecule has 3 heteroatoms. The molecule has 0 amide bonds. The number of fused-ring (bicyclic) bond motifs is 1. The molecule has 1 nitrogen and oxygen atoms in total. The van der Waals surface area contributed by atoms with Gasteiger partial charge in [0.2, 0.25) is 0 Å². The van der Waals surface area contributed by atoms with Gasteiger partial charge < -0.3 is 5.32 Å². The molecule has 1 aliphatic heterocycles. The van der Waals surface area contributed by atoms with Crippen molar-refractivity contribution in [2.24, 2.45) is 0 Å². The average Bonchev–Trinajstić information content (AvgIpc) is 2.72. The van der Waals surface area contributed by atoms with Crippen molar-refractivity contribution in [1.82, 2.24) is 0 Å². The molecule has 1 heterocycles. The molecule has 3 rings (SSSR count). The fraction of sp³-hybridized carbons (Fsp3) is 0.143. The van der Waals surface area contributed by atoms with E-state index in [4.69, 9.17) is 11.6 Å². The van der Waals surface area contributed by atoms with Crippen molar-refractivity contribution in [3.63, 3.8) is 0 Å². The number of hydrogen-bond acceptors (Lipinski definition) is 1.